The van der Waals surface area contributed by atoms with Crippen LogP contribution in [-0.4, -0.2) is 20.4 Å². The molecule has 7 heteroatoms. The SMILES string of the molecule is C[C@@H]1[C@H](C)CCC[C@H]1NC(=O)c1ccc(CS(=O)(=O)c2ccc(Cl)cc2)o1. The van der Waals surface area contributed by atoms with Crippen molar-refractivity contribution in [1.29, 1.82) is 0 Å². The van der Waals surface area contributed by atoms with E-state index in [0.717, 1.165) is 12.8 Å². The van der Waals surface area contributed by atoms with Gasteiger partial charge in [0.25, 0.3) is 5.91 Å². The molecule has 1 aliphatic carbocycles. The Hall–Kier alpha value is -1.79. The fourth-order valence-corrected chi connectivity index (χ4v) is 4.89. The van der Waals surface area contributed by atoms with E-state index in [1.807, 2.05) is 0 Å². The number of amides is 1. The van der Waals surface area contributed by atoms with E-state index < -0.39 is 9.84 Å². The summed E-state index contributed by atoms with van der Waals surface area (Å²) in [5.74, 6) is 0.750. The third kappa shape index (κ3) is 4.74. The van der Waals surface area contributed by atoms with Crippen LogP contribution in [-0.2, 0) is 15.6 Å². The van der Waals surface area contributed by atoms with Gasteiger partial charge < -0.3 is 9.73 Å². The summed E-state index contributed by atoms with van der Waals surface area (Å²) in [6, 6.07) is 9.16. The van der Waals surface area contributed by atoms with E-state index >= 15 is 0 Å². The second kappa shape index (κ2) is 8.07. The van der Waals surface area contributed by atoms with Gasteiger partial charge in [0.2, 0.25) is 0 Å². The summed E-state index contributed by atoms with van der Waals surface area (Å²) < 4.78 is 30.5. The zero-order valence-electron chi connectivity index (χ0n) is 15.4. The Morgan fingerprint density at radius 3 is 2.56 bits per heavy atom. The van der Waals surface area contributed by atoms with Crippen LogP contribution in [0, 0.1) is 11.8 Å². The van der Waals surface area contributed by atoms with Crippen molar-refractivity contribution in [2.45, 2.75) is 49.8 Å². The molecule has 146 valence electrons. The van der Waals surface area contributed by atoms with Gasteiger partial charge in [-0.3, -0.25) is 4.79 Å². The lowest BCUT2D eigenvalue weighted by molar-refractivity contribution is 0.0861. The number of hydrogen-bond acceptors (Lipinski definition) is 4. The summed E-state index contributed by atoms with van der Waals surface area (Å²) in [6.45, 7) is 4.36. The van der Waals surface area contributed by atoms with Gasteiger partial charge in [-0.1, -0.05) is 38.3 Å². The molecule has 1 heterocycles. The van der Waals surface area contributed by atoms with Gasteiger partial charge in [-0.15, -0.1) is 0 Å². The third-order valence-electron chi connectivity index (χ3n) is 5.41. The Morgan fingerprint density at radius 1 is 1.15 bits per heavy atom. The average Bonchev–Trinajstić information content (AvgIpc) is 3.07. The minimum atomic E-state index is -3.57. The van der Waals surface area contributed by atoms with Crippen molar-refractivity contribution < 1.29 is 17.6 Å². The predicted octanol–water partition coefficient (Wildman–Crippen LogP) is 4.46. The van der Waals surface area contributed by atoms with Crippen LogP contribution >= 0.6 is 11.6 Å². The molecule has 0 spiro atoms. The van der Waals surface area contributed by atoms with Crippen molar-refractivity contribution in [3.05, 3.63) is 52.9 Å². The molecular formula is C20H24ClNO4S. The van der Waals surface area contributed by atoms with Crippen molar-refractivity contribution in [1.82, 2.24) is 5.32 Å². The van der Waals surface area contributed by atoms with Gasteiger partial charge in [0.05, 0.1) is 4.90 Å². The Labute approximate surface area is 165 Å². The maximum Gasteiger partial charge on any atom is 0.287 e. The van der Waals surface area contributed by atoms with Crippen LogP contribution in [0.15, 0.2) is 45.7 Å². The zero-order chi connectivity index (χ0) is 19.6. The van der Waals surface area contributed by atoms with Gasteiger partial charge in [0, 0.05) is 11.1 Å². The van der Waals surface area contributed by atoms with E-state index in [0.29, 0.717) is 16.9 Å². The molecule has 0 bridgehead atoms. The van der Waals surface area contributed by atoms with E-state index in [1.165, 1.54) is 42.8 Å². The standard InChI is InChI=1S/C20H24ClNO4S/c1-13-4-3-5-18(14(13)2)22-20(23)19-11-8-16(26-19)12-27(24,25)17-9-6-15(21)7-10-17/h6-11,13-14,18H,3-5,12H2,1-2H3,(H,22,23)/t13-,14-,18-/m1/s1. The maximum atomic E-state index is 12.5. The summed E-state index contributed by atoms with van der Waals surface area (Å²) in [6.07, 6.45) is 3.23. The van der Waals surface area contributed by atoms with Crippen LogP contribution in [0.2, 0.25) is 5.02 Å². The molecule has 0 aliphatic heterocycles. The molecule has 5 nitrogen and oxygen atoms in total. The second-order valence-corrected chi connectivity index (χ2v) is 9.75. The van der Waals surface area contributed by atoms with Gasteiger partial charge in [0.15, 0.2) is 15.6 Å². The molecule has 0 radical (unpaired) electrons. The van der Waals surface area contributed by atoms with Gasteiger partial charge in [-0.25, -0.2) is 8.42 Å². The smallest absolute Gasteiger partial charge is 0.287 e. The minimum Gasteiger partial charge on any atom is -0.455 e. The summed E-state index contributed by atoms with van der Waals surface area (Å²) >= 11 is 5.80. The first-order chi connectivity index (χ1) is 12.8. The summed E-state index contributed by atoms with van der Waals surface area (Å²) in [5, 5.41) is 3.50. The second-order valence-electron chi connectivity index (χ2n) is 7.33. The van der Waals surface area contributed by atoms with Crippen LogP contribution < -0.4 is 5.32 Å². The van der Waals surface area contributed by atoms with Crippen LogP contribution in [0.1, 0.15) is 49.4 Å². The number of sulfone groups is 1. The van der Waals surface area contributed by atoms with Crippen molar-refractivity contribution in [3.63, 3.8) is 0 Å². The molecule has 1 saturated carbocycles. The predicted molar refractivity (Wildman–Crippen MR) is 104 cm³/mol. The Morgan fingerprint density at radius 2 is 1.85 bits per heavy atom. The van der Waals surface area contributed by atoms with Crippen molar-refractivity contribution in [3.8, 4) is 0 Å². The van der Waals surface area contributed by atoms with E-state index in [4.69, 9.17) is 16.0 Å². The number of benzene rings is 1. The summed E-state index contributed by atoms with van der Waals surface area (Å²) in [7, 11) is -3.57. The molecule has 3 atom stereocenters. The molecule has 0 saturated heterocycles. The first kappa shape index (κ1) is 20.0. The number of carbonyl (C=O) groups is 1. The molecular weight excluding hydrogens is 386 g/mol. The fourth-order valence-electron chi connectivity index (χ4n) is 3.52. The number of halogens is 1. The Kier molecular flexibility index (Phi) is 5.96. The molecule has 1 fully saturated rings. The van der Waals surface area contributed by atoms with Crippen molar-refractivity contribution in [2.24, 2.45) is 11.8 Å². The maximum absolute atomic E-state index is 12.5. The highest BCUT2D eigenvalue weighted by Crippen LogP contribution is 2.29. The van der Waals surface area contributed by atoms with Crippen LogP contribution in [0.5, 0.6) is 0 Å². The lowest BCUT2D eigenvalue weighted by atomic mass is 9.78. The highest BCUT2D eigenvalue weighted by molar-refractivity contribution is 7.90. The first-order valence-corrected chi connectivity index (χ1v) is 11.2. The number of hydrogen-bond donors (Lipinski definition) is 1. The largest absolute Gasteiger partial charge is 0.455 e. The number of nitrogens with one attached hydrogen (secondary N) is 1. The molecule has 0 unspecified atom stereocenters. The molecule has 1 aromatic heterocycles. The monoisotopic (exact) mass is 409 g/mol. The molecule has 1 aliphatic rings. The van der Waals surface area contributed by atoms with Crippen LogP contribution in [0.4, 0.5) is 0 Å². The van der Waals surface area contributed by atoms with E-state index in [9.17, 15) is 13.2 Å². The van der Waals surface area contributed by atoms with Gasteiger partial charge >= 0.3 is 0 Å². The molecule has 3 rings (SSSR count). The molecule has 1 amide bonds. The van der Waals surface area contributed by atoms with Crippen LogP contribution in [0.25, 0.3) is 0 Å². The fraction of sp³-hybridized carbons (Fsp3) is 0.450. The van der Waals surface area contributed by atoms with Gasteiger partial charge in [-0.2, -0.15) is 0 Å². The normalized spacial score (nSPS) is 23.1. The average molecular weight is 410 g/mol. The first-order valence-electron chi connectivity index (χ1n) is 9.14. The highest BCUT2D eigenvalue weighted by atomic mass is 35.5. The van der Waals surface area contributed by atoms with Gasteiger partial charge in [-0.05, 0) is 54.7 Å². The molecule has 27 heavy (non-hydrogen) atoms. The topological polar surface area (TPSA) is 76.4 Å². The van der Waals surface area contributed by atoms with E-state index in [2.05, 4.69) is 19.2 Å². The number of furan rings is 1. The Bertz CT molecular complexity index is 904. The quantitative estimate of drug-likeness (QED) is 0.790. The molecule has 2 aromatic rings. The summed E-state index contributed by atoms with van der Waals surface area (Å²) in [5.41, 5.74) is 0. The van der Waals surface area contributed by atoms with E-state index in [-0.39, 0.29) is 34.1 Å². The number of rotatable bonds is 5. The lowest BCUT2D eigenvalue weighted by Gasteiger charge is -2.34. The lowest BCUT2D eigenvalue weighted by Crippen LogP contribution is -2.43. The third-order valence-corrected chi connectivity index (χ3v) is 7.32. The molecule has 1 aromatic carbocycles. The van der Waals surface area contributed by atoms with Crippen LogP contribution in [0.3, 0.4) is 0 Å². The van der Waals surface area contributed by atoms with Crippen molar-refractivity contribution in [2.75, 3.05) is 0 Å². The highest BCUT2D eigenvalue weighted by Gasteiger charge is 2.29. The Balaban J connectivity index is 1.67. The zero-order valence-corrected chi connectivity index (χ0v) is 17.0. The van der Waals surface area contributed by atoms with Crippen molar-refractivity contribution >= 4 is 27.3 Å². The van der Waals surface area contributed by atoms with Gasteiger partial charge in [0.1, 0.15) is 11.5 Å². The van der Waals surface area contributed by atoms with E-state index in [1.54, 1.807) is 0 Å². The number of carbonyl (C=O) groups excluding carboxylic acids is 1. The molecule has 1 N–H and O–H groups in total. The minimum absolute atomic E-state index is 0.118. The summed E-state index contributed by atoms with van der Waals surface area (Å²) in [4.78, 5) is 12.6.